The van der Waals surface area contributed by atoms with Gasteiger partial charge in [-0.25, -0.2) is 14.6 Å². The molecule has 39 heavy (non-hydrogen) atoms. The van der Waals surface area contributed by atoms with E-state index in [0.29, 0.717) is 23.8 Å². The first kappa shape index (κ1) is 31.9. The summed E-state index contributed by atoms with van der Waals surface area (Å²) in [5, 5.41) is 32.3. The van der Waals surface area contributed by atoms with Gasteiger partial charge in [0.2, 0.25) is 0 Å². The maximum absolute atomic E-state index is 11.9. The van der Waals surface area contributed by atoms with Crippen molar-refractivity contribution in [2.24, 2.45) is 22.6 Å². The van der Waals surface area contributed by atoms with Crippen LogP contribution in [-0.2, 0) is 9.59 Å². The molecular weight excluding hydrogens is 494 g/mol. The van der Waals surface area contributed by atoms with Gasteiger partial charge in [0.25, 0.3) is 0 Å². The highest BCUT2D eigenvalue weighted by Crippen LogP contribution is 2.30. The molecule has 0 aromatic rings. The highest BCUT2D eigenvalue weighted by atomic mass is 16.4. The summed E-state index contributed by atoms with van der Waals surface area (Å²) in [7, 11) is 0. The number of hydrogen-bond acceptors (Lipinski definition) is 4. The molecule has 6 N–H and O–H groups in total. The van der Waals surface area contributed by atoms with E-state index in [9.17, 15) is 24.9 Å². The first-order chi connectivity index (χ1) is 18.7. The van der Waals surface area contributed by atoms with E-state index in [2.05, 4.69) is 35.1 Å². The third-order valence-corrected chi connectivity index (χ3v) is 7.50. The number of nitrogens with one attached hydrogen (secondary N) is 1. The Bertz CT molecular complexity index is 1040. The Kier molecular flexibility index (Phi) is 14.2. The summed E-state index contributed by atoms with van der Waals surface area (Å²) in [5.74, 6) is 4.29. The Balaban J connectivity index is 2.02. The first-order valence-electron chi connectivity index (χ1n) is 14.2. The predicted molar refractivity (Wildman–Crippen MR) is 155 cm³/mol. The number of carboxylic acids is 2. The molecule has 2 rings (SSSR count). The Morgan fingerprint density at radius 3 is 2.59 bits per heavy atom. The Morgan fingerprint density at radius 1 is 1.26 bits per heavy atom. The Labute approximate surface area is 232 Å². The minimum absolute atomic E-state index is 0.104. The number of guanidine groups is 1. The number of carbonyl (C=O) groups is 2. The minimum Gasteiger partial charge on any atom is -0.479 e. The van der Waals surface area contributed by atoms with Gasteiger partial charge in [0.1, 0.15) is 6.04 Å². The second kappa shape index (κ2) is 17.3. The van der Waals surface area contributed by atoms with E-state index < -0.39 is 24.1 Å². The highest BCUT2D eigenvalue weighted by molar-refractivity contribution is 5.88. The number of aliphatic carboxylic acids is 2. The van der Waals surface area contributed by atoms with Crippen LogP contribution in [0.1, 0.15) is 84.5 Å². The lowest BCUT2D eigenvalue weighted by Crippen LogP contribution is -2.43. The lowest BCUT2D eigenvalue weighted by atomic mass is 9.92. The molecule has 0 saturated heterocycles. The SMILES string of the molecule is CC#CC(C=CCC(CC)C1=CCCC1)=CC(NC(N)=NCC=C(C(=O)O)C(O)CCC1CCCC1)C(=O)O. The fourth-order valence-corrected chi connectivity index (χ4v) is 5.30. The zero-order chi connectivity index (χ0) is 28.6. The predicted octanol–water partition coefficient (Wildman–Crippen LogP) is 4.72. The van der Waals surface area contributed by atoms with Gasteiger partial charge in [-0.1, -0.05) is 62.3 Å². The van der Waals surface area contributed by atoms with Gasteiger partial charge in [0.15, 0.2) is 5.96 Å². The molecule has 0 heterocycles. The van der Waals surface area contributed by atoms with Crippen molar-refractivity contribution in [1.29, 1.82) is 0 Å². The van der Waals surface area contributed by atoms with E-state index in [1.54, 1.807) is 6.92 Å². The Hall–Kier alpha value is -3.31. The van der Waals surface area contributed by atoms with Crippen LogP contribution in [0.2, 0.25) is 0 Å². The number of allylic oxidation sites excluding steroid dienone is 5. The molecule has 2 aliphatic rings. The fourth-order valence-electron chi connectivity index (χ4n) is 5.30. The lowest BCUT2D eigenvalue weighted by molar-refractivity contribution is -0.138. The topological polar surface area (TPSA) is 145 Å². The molecule has 2 aliphatic carbocycles. The number of aliphatic imine (C=N–C) groups is 1. The standard InChI is InChI=1S/C31H45N3O5/c1-3-10-23(13-9-16-24(4-2)25-14-7-8-15-25)21-27(30(38)39)34-31(32)33-20-19-26(29(36)37)28(35)18-17-22-11-5-6-12-22/h9,13-14,19,21-22,24,27-28,35H,4-8,11-12,15-18,20H2,1-2H3,(H,36,37)(H,38,39)(H3,32,33,34). The van der Waals surface area contributed by atoms with Gasteiger partial charge in [-0.3, -0.25) is 0 Å². The zero-order valence-corrected chi connectivity index (χ0v) is 23.4. The largest absolute Gasteiger partial charge is 0.479 e. The third kappa shape index (κ3) is 11.5. The number of nitrogens with two attached hydrogens (primary N) is 1. The number of aliphatic hydroxyl groups is 1. The summed E-state index contributed by atoms with van der Waals surface area (Å²) in [4.78, 5) is 27.6. The molecule has 1 saturated carbocycles. The van der Waals surface area contributed by atoms with Crippen molar-refractivity contribution in [3.05, 3.63) is 47.1 Å². The van der Waals surface area contributed by atoms with E-state index in [1.165, 1.54) is 37.0 Å². The van der Waals surface area contributed by atoms with E-state index >= 15 is 0 Å². The fraction of sp³-hybridized carbons (Fsp3) is 0.581. The van der Waals surface area contributed by atoms with Crippen LogP contribution in [0.15, 0.2) is 52.1 Å². The van der Waals surface area contributed by atoms with Crippen molar-refractivity contribution >= 4 is 17.9 Å². The van der Waals surface area contributed by atoms with E-state index in [-0.39, 0.29) is 18.1 Å². The van der Waals surface area contributed by atoms with E-state index in [0.717, 1.165) is 44.9 Å². The summed E-state index contributed by atoms with van der Waals surface area (Å²) in [6, 6.07) is -1.17. The number of nitrogens with zero attached hydrogens (tertiary/aromatic N) is 1. The summed E-state index contributed by atoms with van der Waals surface area (Å²) >= 11 is 0. The molecule has 0 radical (unpaired) electrons. The lowest BCUT2D eigenvalue weighted by Gasteiger charge is -2.15. The second-order valence-corrected chi connectivity index (χ2v) is 10.3. The summed E-state index contributed by atoms with van der Waals surface area (Å²) in [5.41, 5.74) is 7.85. The molecule has 214 valence electrons. The molecular formula is C31H45N3O5. The quantitative estimate of drug-likeness (QED) is 0.0505. The van der Waals surface area contributed by atoms with Crippen molar-refractivity contribution in [1.82, 2.24) is 5.32 Å². The molecule has 3 atom stereocenters. The zero-order valence-electron chi connectivity index (χ0n) is 23.4. The van der Waals surface area contributed by atoms with Crippen LogP contribution >= 0.6 is 0 Å². The van der Waals surface area contributed by atoms with Crippen molar-refractivity contribution in [2.45, 2.75) is 96.6 Å². The van der Waals surface area contributed by atoms with Crippen molar-refractivity contribution < 1.29 is 24.9 Å². The highest BCUT2D eigenvalue weighted by Gasteiger charge is 2.22. The van der Waals surface area contributed by atoms with Crippen LogP contribution in [0.3, 0.4) is 0 Å². The monoisotopic (exact) mass is 539 g/mol. The molecule has 3 unspecified atom stereocenters. The van der Waals surface area contributed by atoms with E-state index in [1.807, 2.05) is 12.2 Å². The molecule has 0 bridgehead atoms. The van der Waals surface area contributed by atoms with Crippen LogP contribution in [-0.4, -0.2) is 51.9 Å². The van der Waals surface area contributed by atoms with Crippen LogP contribution in [0.4, 0.5) is 0 Å². The van der Waals surface area contributed by atoms with Gasteiger partial charge in [-0.2, -0.15) is 0 Å². The molecule has 0 aromatic heterocycles. The first-order valence-corrected chi connectivity index (χ1v) is 14.2. The van der Waals surface area contributed by atoms with Crippen molar-refractivity contribution in [2.75, 3.05) is 6.54 Å². The number of hydrogen-bond donors (Lipinski definition) is 5. The van der Waals surface area contributed by atoms with Gasteiger partial charge in [-0.15, -0.1) is 5.92 Å². The van der Waals surface area contributed by atoms with Crippen LogP contribution in [0.25, 0.3) is 0 Å². The summed E-state index contributed by atoms with van der Waals surface area (Å²) < 4.78 is 0. The third-order valence-electron chi connectivity index (χ3n) is 7.50. The van der Waals surface area contributed by atoms with E-state index in [4.69, 9.17) is 5.73 Å². The number of rotatable bonds is 15. The molecule has 1 fully saturated rings. The maximum Gasteiger partial charge on any atom is 0.333 e. The van der Waals surface area contributed by atoms with Gasteiger partial charge < -0.3 is 26.4 Å². The Morgan fingerprint density at radius 2 is 2.00 bits per heavy atom. The molecule has 0 aromatic carbocycles. The average Bonchev–Trinajstić information content (AvgIpc) is 3.62. The maximum atomic E-state index is 11.9. The number of aliphatic hydroxyl groups excluding tert-OH is 1. The van der Waals surface area contributed by atoms with Crippen LogP contribution in [0.5, 0.6) is 0 Å². The molecule has 8 nitrogen and oxygen atoms in total. The van der Waals surface area contributed by atoms with Crippen LogP contribution in [0, 0.1) is 23.7 Å². The average molecular weight is 540 g/mol. The minimum atomic E-state index is -1.20. The van der Waals surface area contributed by atoms with Crippen molar-refractivity contribution in [3.8, 4) is 11.8 Å². The summed E-state index contributed by atoms with van der Waals surface area (Å²) in [6.45, 7) is 3.76. The number of carboxylic acid groups (broad SMARTS) is 2. The second-order valence-electron chi connectivity index (χ2n) is 10.3. The van der Waals surface area contributed by atoms with Gasteiger partial charge in [0, 0.05) is 5.57 Å². The van der Waals surface area contributed by atoms with Gasteiger partial charge in [-0.05, 0) is 75.9 Å². The van der Waals surface area contributed by atoms with Crippen molar-refractivity contribution in [3.63, 3.8) is 0 Å². The molecule has 0 spiro atoms. The summed E-state index contributed by atoms with van der Waals surface area (Å²) in [6.07, 6.45) is 19.2. The molecule has 8 heteroatoms. The smallest absolute Gasteiger partial charge is 0.333 e. The molecule has 0 aliphatic heterocycles. The van der Waals surface area contributed by atoms with Gasteiger partial charge >= 0.3 is 11.9 Å². The van der Waals surface area contributed by atoms with Crippen LogP contribution < -0.4 is 11.1 Å². The normalized spacial score (nSPS) is 19.4. The molecule has 0 amide bonds. The van der Waals surface area contributed by atoms with Gasteiger partial charge in [0.05, 0.1) is 18.2 Å².